The molecule has 1 atom stereocenters. The van der Waals surface area contributed by atoms with E-state index in [-0.39, 0.29) is 5.91 Å². The van der Waals surface area contributed by atoms with E-state index in [1.165, 1.54) is 35.5 Å². The molecule has 0 bridgehead atoms. The van der Waals surface area contributed by atoms with Crippen LogP contribution in [0.5, 0.6) is 0 Å². The summed E-state index contributed by atoms with van der Waals surface area (Å²) < 4.78 is 39.6. The average Bonchev–Trinajstić information content (AvgIpc) is 2.69. The zero-order valence-electron chi connectivity index (χ0n) is 16.3. The molecule has 0 saturated carbocycles. The minimum absolute atomic E-state index is 0.344. The molecule has 2 heterocycles. The summed E-state index contributed by atoms with van der Waals surface area (Å²) in [6, 6.07) is 4.57. The van der Waals surface area contributed by atoms with Gasteiger partial charge in [-0.15, -0.1) is 16.8 Å². The number of amides is 3. The van der Waals surface area contributed by atoms with Crippen LogP contribution in [0, 0.1) is 5.92 Å². The van der Waals surface area contributed by atoms with Gasteiger partial charge in [0.25, 0.3) is 5.84 Å². The first-order chi connectivity index (χ1) is 13.6. The van der Waals surface area contributed by atoms with Gasteiger partial charge in [0.15, 0.2) is 5.92 Å². The van der Waals surface area contributed by atoms with Gasteiger partial charge >= 0.3 is 18.1 Å². The van der Waals surface area contributed by atoms with Crippen molar-refractivity contribution in [3.05, 3.63) is 45.9 Å². The number of thioether (sulfide) groups is 1. The van der Waals surface area contributed by atoms with Crippen LogP contribution in [0.15, 0.2) is 39.7 Å². The molecule has 3 amide bonds. The fourth-order valence-corrected chi connectivity index (χ4v) is 4.51. The molecule has 0 saturated heterocycles. The number of hydrogen-bond acceptors (Lipinski definition) is 4. The van der Waals surface area contributed by atoms with E-state index in [1.807, 2.05) is 6.92 Å². The summed E-state index contributed by atoms with van der Waals surface area (Å²) in [5.41, 5.74) is 0.945. The number of hydrogen-bond donors (Lipinski definition) is 0. The molecule has 5 nitrogen and oxygen atoms in total. The Hall–Kier alpha value is -2.42. The van der Waals surface area contributed by atoms with Crippen molar-refractivity contribution >= 4 is 35.8 Å². The summed E-state index contributed by atoms with van der Waals surface area (Å²) in [6.07, 6.45) is -1.11. The summed E-state index contributed by atoms with van der Waals surface area (Å²) in [5.74, 6) is -0.225. The Labute approximate surface area is 171 Å². The normalized spacial score (nSPS) is 19.9. The lowest BCUT2D eigenvalue weighted by molar-refractivity contribution is -0.407. The number of carbonyl (C=O) groups is 2. The van der Waals surface area contributed by atoms with Crippen molar-refractivity contribution in [3.8, 4) is 0 Å². The van der Waals surface area contributed by atoms with Gasteiger partial charge in [-0.05, 0) is 29.7 Å². The van der Waals surface area contributed by atoms with Crippen molar-refractivity contribution < 1.29 is 27.3 Å². The SMILES string of the molecule is CCCC1=C(SCc2ccc(C(F)(F)F)cc2)C2C(=O)N(C)C(=O)[N+](C)=C2N=C1. The molecule has 0 fully saturated rings. The van der Waals surface area contributed by atoms with Crippen LogP contribution in [-0.4, -0.2) is 47.6 Å². The summed E-state index contributed by atoms with van der Waals surface area (Å²) in [7, 11) is 3.02. The number of rotatable bonds is 5. The van der Waals surface area contributed by atoms with E-state index in [1.54, 1.807) is 13.3 Å². The lowest BCUT2D eigenvalue weighted by Crippen LogP contribution is -2.52. The highest BCUT2D eigenvalue weighted by atomic mass is 32.2. The number of urea groups is 1. The fraction of sp³-hybridized carbons (Fsp3) is 0.400. The smallest absolute Gasteiger partial charge is 0.255 e. The summed E-state index contributed by atoms with van der Waals surface area (Å²) in [6.45, 7) is 2.02. The number of alkyl halides is 3. The molecule has 2 aliphatic heterocycles. The quantitative estimate of drug-likeness (QED) is 0.662. The van der Waals surface area contributed by atoms with E-state index in [2.05, 4.69) is 4.99 Å². The van der Waals surface area contributed by atoms with E-state index >= 15 is 0 Å². The number of allylic oxidation sites excluding steroid dienone is 1. The van der Waals surface area contributed by atoms with Crippen molar-refractivity contribution in [2.45, 2.75) is 31.7 Å². The molecular weight excluding hydrogens is 403 g/mol. The highest BCUT2D eigenvalue weighted by Crippen LogP contribution is 2.38. The molecule has 0 spiro atoms. The Balaban J connectivity index is 1.91. The van der Waals surface area contributed by atoms with E-state index in [4.69, 9.17) is 0 Å². The molecule has 1 aromatic rings. The molecular formula is C20H21F3N3O2S+. The number of aliphatic imine (C=N–C) groups is 1. The Bertz CT molecular complexity index is 933. The summed E-state index contributed by atoms with van der Waals surface area (Å²) in [4.78, 5) is 31.3. The average molecular weight is 424 g/mol. The van der Waals surface area contributed by atoms with Crippen molar-refractivity contribution in [2.75, 3.05) is 14.1 Å². The number of amidine groups is 1. The van der Waals surface area contributed by atoms with Crippen LogP contribution < -0.4 is 0 Å². The van der Waals surface area contributed by atoms with E-state index in [0.29, 0.717) is 11.6 Å². The third-order valence-electron chi connectivity index (χ3n) is 4.88. The van der Waals surface area contributed by atoms with Crippen LogP contribution in [0.3, 0.4) is 0 Å². The molecule has 154 valence electrons. The van der Waals surface area contributed by atoms with Gasteiger partial charge in [-0.2, -0.15) is 22.6 Å². The second-order valence-corrected chi connectivity index (χ2v) is 7.93. The summed E-state index contributed by atoms with van der Waals surface area (Å²) in [5, 5.41) is 0. The van der Waals surface area contributed by atoms with Crippen molar-refractivity contribution in [1.29, 1.82) is 0 Å². The topological polar surface area (TPSA) is 52.8 Å². The molecule has 1 aromatic carbocycles. The number of fused-ring (bicyclic) bond motifs is 1. The Morgan fingerprint density at radius 1 is 1.21 bits per heavy atom. The first-order valence-corrected chi connectivity index (χ1v) is 10.1. The Kier molecular flexibility index (Phi) is 5.97. The molecule has 0 N–H and O–H groups in total. The number of imide groups is 1. The maximum absolute atomic E-state index is 12.9. The highest BCUT2D eigenvalue weighted by molar-refractivity contribution is 8.02. The molecule has 0 aromatic heterocycles. The fourth-order valence-electron chi connectivity index (χ4n) is 3.28. The predicted octanol–water partition coefficient (Wildman–Crippen LogP) is 4.33. The van der Waals surface area contributed by atoms with E-state index in [9.17, 15) is 22.8 Å². The van der Waals surface area contributed by atoms with Gasteiger partial charge in [0, 0.05) is 10.7 Å². The van der Waals surface area contributed by atoms with E-state index in [0.717, 1.165) is 45.9 Å². The van der Waals surface area contributed by atoms with Crippen molar-refractivity contribution in [1.82, 2.24) is 4.90 Å². The maximum atomic E-state index is 12.9. The third kappa shape index (κ3) is 4.14. The number of dihydropyridines is 1. The van der Waals surface area contributed by atoms with Crippen LogP contribution in [0.25, 0.3) is 0 Å². The number of carbonyl (C=O) groups excluding carboxylic acids is 2. The minimum Gasteiger partial charge on any atom is -0.255 e. The Morgan fingerprint density at radius 3 is 2.45 bits per heavy atom. The van der Waals surface area contributed by atoms with Crippen LogP contribution >= 0.6 is 11.8 Å². The van der Waals surface area contributed by atoms with Gasteiger partial charge in [-0.1, -0.05) is 25.5 Å². The van der Waals surface area contributed by atoms with Crippen LogP contribution in [-0.2, 0) is 16.7 Å². The molecule has 0 aliphatic carbocycles. The maximum Gasteiger partial charge on any atom is 0.445 e. The van der Waals surface area contributed by atoms with Gasteiger partial charge in [-0.25, -0.2) is 4.79 Å². The second kappa shape index (κ2) is 8.14. The molecule has 2 aliphatic rings. The lowest BCUT2D eigenvalue weighted by atomic mass is 9.96. The zero-order chi connectivity index (χ0) is 21.3. The van der Waals surface area contributed by atoms with Gasteiger partial charge in [0.05, 0.1) is 19.7 Å². The minimum atomic E-state index is -4.37. The first-order valence-electron chi connectivity index (χ1n) is 9.13. The molecule has 1 unspecified atom stereocenters. The zero-order valence-corrected chi connectivity index (χ0v) is 17.1. The highest BCUT2D eigenvalue weighted by Gasteiger charge is 2.48. The third-order valence-corrected chi connectivity index (χ3v) is 6.17. The van der Waals surface area contributed by atoms with Crippen LogP contribution in [0.4, 0.5) is 18.0 Å². The number of nitrogens with zero attached hydrogens (tertiary/aromatic N) is 3. The number of halogens is 3. The van der Waals surface area contributed by atoms with E-state index < -0.39 is 23.7 Å². The molecule has 3 rings (SSSR count). The second-order valence-electron chi connectivity index (χ2n) is 6.91. The first kappa shape index (κ1) is 21.3. The molecule has 0 radical (unpaired) electrons. The van der Waals surface area contributed by atoms with Crippen molar-refractivity contribution in [2.24, 2.45) is 10.9 Å². The Morgan fingerprint density at radius 2 is 1.86 bits per heavy atom. The van der Waals surface area contributed by atoms with Gasteiger partial charge in [0.1, 0.15) is 6.21 Å². The lowest BCUT2D eigenvalue weighted by Gasteiger charge is -2.28. The summed E-state index contributed by atoms with van der Waals surface area (Å²) >= 11 is 1.41. The van der Waals surface area contributed by atoms with Crippen molar-refractivity contribution in [3.63, 3.8) is 0 Å². The number of benzene rings is 1. The predicted molar refractivity (Wildman–Crippen MR) is 106 cm³/mol. The van der Waals surface area contributed by atoms with Gasteiger partial charge < -0.3 is 0 Å². The molecule has 9 heteroatoms. The largest absolute Gasteiger partial charge is 0.445 e. The molecule has 29 heavy (non-hydrogen) atoms. The standard InChI is InChI=1S/C20H21F3N3O2S/c1-4-5-13-10-24-17-15(18(27)26(3)19(28)25(17)2)16(13)29-11-12-6-8-14(9-7-12)20(21,22)23/h6-10,15H,4-5,11H2,1-3H3/q+1. The van der Waals surface area contributed by atoms with Crippen LogP contribution in [0.1, 0.15) is 30.9 Å². The van der Waals surface area contributed by atoms with Crippen LogP contribution in [0.2, 0.25) is 0 Å². The monoisotopic (exact) mass is 424 g/mol. The van der Waals surface area contributed by atoms with Gasteiger partial charge in [0.2, 0.25) is 0 Å². The van der Waals surface area contributed by atoms with Gasteiger partial charge in [-0.3, -0.25) is 4.79 Å².